The molecule has 0 saturated heterocycles. The normalized spacial score (nSPS) is 12.4. The number of hydrogen-bond acceptors (Lipinski definition) is 2. The van der Waals surface area contributed by atoms with E-state index in [2.05, 4.69) is 67.9 Å². The van der Waals surface area contributed by atoms with E-state index in [0.29, 0.717) is 0 Å². The van der Waals surface area contributed by atoms with Gasteiger partial charge in [0.25, 0.3) is 0 Å². The van der Waals surface area contributed by atoms with Crippen LogP contribution < -0.4 is 5.32 Å². The van der Waals surface area contributed by atoms with Gasteiger partial charge in [-0.05, 0) is 61.5 Å². The van der Waals surface area contributed by atoms with Gasteiger partial charge in [-0.15, -0.1) is 11.8 Å². The molecular weight excluding hydrogens is 250 g/mol. The van der Waals surface area contributed by atoms with Gasteiger partial charge in [-0.3, -0.25) is 0 Å². The molecule has 2 aromatic rings. The average Bonchev–Trinajstić information content (AvgIpc) is 2.45. The quantitative estimate of drug-likeness (QED) is 0.830. The zero-order valence-electron chi connectivity index (χ0n) is 12.0. The lowest BCUT2D eigenvalue weighted by atomic mass is 9.93. The lowest BCUT2D eigenvalue weighted by molar-refractivity contribution is 0.686. The van der Waals surface area contributed by atoms with Crippen LogP contribution in [0.25, 0.3) is 0 Å². The number of hydrogen-bond donors (Lipinski definition) is 1. The van der Waals surface area contributed by atoms with Gasteiger partial charge in [-0.1, -0.05) is 30.3 Å². The maximum atomic E-state index is 3.43. The summed E-state index contributed by atoms with van der Waals surface area (Å²) in [4.78, 5) is 1.31. The molecule has 1 nitrogen and oxygen atoms in total. The second-order valence-corrected chi connectivity index (χ2v) is 5.66. The predicted octanol–water partition coefficient (Wildman–Crippen LogP) is 4.33. The summed E-state index contributed by atoms with van der Waals surface area (Å²) in [5.41, 5.74) is 5.39. The fourth-order valence-corrected chi connectivity index (χ4v) is 2.79. The second kappa shape index (κ2) is 6.27. The Bertz CT molecular complexity index is 546. The summed E-state index contributed by atoms with van der Waals surface area (Å²) < 4.78 is 0. The Morgan fingerprint density at radius 3 is 2.26 bits per heavy atom. The van der Waals surface area contributed by atoms with Crippen molar-refractivity contribution >= 4 is 11.8 Å². The highest BCUT2D eigenvalue weighted by atomic mass is 32.2. The first kappa shape index (κ1) is 14.2. The molecule has 0 bridgehead atoms. The number of rotatable bonds is 4. The minimum atomic E-state index is 0.260. The molecule has 2 aromatic carbocycles. The molecule has 1 atom stereocenters. The lowest BCUT2D eigenvalue weighted by Gasteiger charge is -2.20. The molecule has 1 unspecified atom stereocenters. The molecule has 0 saturated carbocycles. The minimum absolute atomic E-state index is 0.260. The van der Waals surface area contributed by atoms with Crippen LogP contribution in [-0.2, 0) is 0 Å². The Kier molecular flexibility index (Phi) is 4.67. The van der Waals surface area contributed by atoms with Crippen molar-refractivity contribution in [3.05, 3.63) is 64.7 Å². The van der Waals surface area contributed by atoms with E-state index in [0.717, 1.165) is 0 Å². The highest BCUT2D eigenvalue weighted by molar-refractivity contribution is 7.98. The molecule has 0 fully saturated rings. The van der Waals surface area contributed by atoms with Gasteiger partial charge < -0.3 is 5.32 Å². The number of nitrogens with one attached hydrogen (secondary N) is 1. The largest absolute Gasteiger partial charge is 0.309 e. The molecule has 0 aliphatic carbocycles. The smallest absolute Gasteiger partial charge is 0.0577 e. The van der Waals surface area contributed by atoms with Gasteiger partial charge in [0.2, 0.25) is 0 Å². The molecular formula is C17H21NS. The average molecular weight is 271 g/mol. The molecule has 19 heavy (non-hydrogen) atoms. The minimum Gasteiger partial charge on any atom is -0.309 e. The van der Waals surface area contributed by atoms with E-state index < -0.39 is 0 Å². The summed E-state index contributed by atoms with van der Waals surface area (Å²) in [6.45, 7) is 4.37. The molecule has 0 amide bonds. The van der Waals surface area contributed by atoms with Crippen LogP contribution in [-0.4, -0.2) is 13.3 Å². The van der Waals surface area contributed by atoms with Crippen molar-refractivity contribution in [2.45, 2.75) is 24.8 Å². The van der Waals surface area contributed by atoms with E-state index in [1.54, 1.807) is 11.8 Å². The summed E-state index contributed by atoms with van der Waals surface area (Å²) in [5.74, 6) is 0. The standard InChI is InChI=1S/C17H21NS/c1-12-6-5-7-16(13(12)2)17(18-3)14-8-10-15(19-4)11-9-14/h5-11,17-18H,1-4H3. The summed E-state index contributed by atoms with van der Waals surface area (Å²) >= 11 is 1.78. The van der Waals surface area contributed by atoms with Crippen molar-refractivity contribution < 1.29 is 0 Å². The fraction of sp³-hybridized carbons (Fsp3) is 0.294. The molecule has 0 spiro atoms. The Balaban J connectivity index is 2.40. The van der Waals surface area contributed by atoms with Gasteiger partial charge in [0.05, 0.1) is 6.04 Å². The summed E-state index contributed by atoms with van der Waals surface area (Å²) in [6.07, 6.45) is 2.11. The summed E-state index contributed by atoms with van der Waals surface area (Å²) in [5, 5.41) is 3.43. The molecule has 0 aliphatic heterocycles. The van der Waals surface area contributed by atoms with Gasteiger partial charge in [0, 0.05) is 4.90 Å². The van der Waals surface area contributed by atoms with Crippen molar-refractivity contribution in [2.75, 3.05) is 13.3 Å². The van der Waals surface area contributed by atoms with Crippen LogP contribution in [0.2, 0.25) is 0 Å². The molecule has 0 heterocycles. The fourth-order valence-electron chi connectivity index (χ4n) is 2.38. The predicted molar refractivity (Wildman–Crippen MR) is 85.0 cm³/mol. The first-order valence-corrected chi connectivity index (χ1v) is 7.77. The van der Waals surface area contributed by atoms with Crippen molar-refractivity contribution in [2.24, 2.45) is 0 Å². The van der Waals surface area contributed by atoms with Crippen LogP contribution in [0.15, 0.2) is 47.4 Å². The van der Waals surface area contributed by atoms with E-state index in [1.807, 2.05) is 7.05 Å². The van der Waals surface area contributed by atoms with Gasteiger partial charge in [-0.2, -0.15) is 0 Å². The first-order chi connectivity index (χ1) is 9.17. The summed E-state index contributed by atoms with van der Waals surface area (Å²) in [7, 11) is 2.02. The Hall–Kier alpha value is -1.25. The van der Waals surface area contributed by atoms with Crippen molar-refractivity contribution in [3.8, 4) is 0 Å². The van der Waals surface area contributed by atoms with Crippen molar-refractivity contribution in [3.63, 3.8) is 0 Å². The molecule has 100 valence electrons. The Morgan fingerprint density at radius 2 is 1.68 bits per heavy atom. The maximum absolute atomic E-state index is 3.43. The zero-order chi connectivity index (χ0) is 13.8. The summed E-state index contributed by atoms with van der Waals surface area (Å²) in [6, 6.07) is 15.6. The van der Waals surface area contributed by atoms with Gasteiger partial charge >= 0.3 is 0 Å². The van der Waals surface area contributed by atoms with Gasteiger partial charge in [0.15, 0.2) is 0 Å². The molecule has 0 aromatic heterocycles. The van der Waals surface area contributed by atoms with Crippen molar-refractivity contribution in [1.82, 2.24) is 5.32 Å². The molecule has 2 heteroatoms. The second-order valence-electron chi connectivity index (χ2n) is 4.78. The van der Waals surface area contributed by atoms with E-state index in [-0.39, 0.29) is 6.04 Å². The molecule has 0 radical (unpaired) electrons. The van der Waals surface area contributed by atoms with E-state index in [9.17, 15) is 0 Å². The lowest BCUT2D eigenvalue weighted by Crippen LogP contribution is -2.18. The highest BCUT2D eigenvalue weighted by Gasteiger charge is 2.14. The van der Waals surface area contributed by atoms with Gasteiger partial charge in [-0.25, -0.2) is 0 Å². The maximum Gasteiger partial charge on any atom is 0.0577 e. The Labute approximate surface area is 120 Å². The first-order valence-electron chi connectivity index (χ1n) is 6.54. The van der Waals surface area contributed by atoms with Crippen LogP contribution in [0, 0.1) is 13.8 Å². The Morgan fingerprint density at radius 1 is 1.00 bits per heavy atom. The number of aryl methyl sites for hydroxylation is 1. The van der Waals surface area contributed by atoms with E-state index in [1.165, 1.54) is 27.1 Å². The highest BCUT2D eigenvalue weighted by Crippen LogP contribution is 2.27. The topological polar surface area (TPSA) is 12.0 Å². The SMILES string of the molecule is CNC(c1ccc(SC)cc1)c1cccc(C)c1C. The third-order valence-electron chi connectivity index (χ3n) is 3.70. The van der Waals surface area contributed by atoms with E-state index in [4.69, 9.17) is 0 Å². The number of benzene rings is 2. The molecule has 2 rings (SSSR count). The van der Waals surface area contributed by atoms with Crippen LogP contribution >= 0.6 is 11.8 Å². The zero-order valence-corrected chi connectivity index (χ0v) is 12.8. The van der Waals surface area contributed by atoms with Crippen LogP contribution in [0.4, 0.5) is 0 Å². The van der Waals surface area contributed by atoms with Crippen molar-refractivity contribution in [1.29, 1.82) is 0 Å². The third-order valence-corrected chi connectivity index (χ3v) is 4.44. The van der Waals surface area contributed by atoms with Gasteiger partial charge in [0.1, 0.15) is 0 Å². The van der Waals surface area contributed by atoms with Crippen LogP contribution in [0.5, 0.6) is 0 Å². The molecule has 0 aliphatic rings. The van der Waals surface area contributed by atoms with Crippen LogP contribution in [0.3, 0.4) is 0 Å². The van der Waals surface area contributed by atoms with E-state index >= 15 is 0 Å². The monoisotopic (exact) mass is 271 g/mol. The number of thioether (sulfide) groups is 1. The third kappa shape index (κ3) is 3.02. The molecule has 1 N–H and O–H groups in total. The van der Waals surface area contributed by atoms with Crippen LogP contribution in [0.1, 0.15) is 28.3 Å².